The highest BCUT2D eigenvalue weighted by Gasteiger charge is 2.39. The topological polar surface area (TPSA) is 99.6 Å². The molecule has 7 heteroatoms. The Morgan fingerprint density at radius 2 is 2.17 bits per heavy atom. The van der Waals surface area contributed by atoms with E-state index in [2.05, 4.69) is 31.4 Å². The van der Waals surface area contributed by atoms with Crippen LogP contribution in [-0.2, 0) is 4.79 Å². The second kappa shape index (κ2) is 6.01. The standard InChI is InChI=1S/C16H15N5O2/c1-2-3-8-16(20-21-16)9-7-13(22)19-12-6-4-5-11-14(12)17-10-18-15(11)23/h1,4-6,10H,3,7-9H2,(H,19,22)(H,17,18,23). The molecular weight excluding hydrogens is 294 g/mol. The summed E-state index contributed by atoms with van der Waals surface area (Å²) in [5.74, 6) is 2.39. The third-order valence-corrected chi connectivity index (χ3v) is 3.75. The van der Waals surface area contributed by atoms with Crippen molar-refractivity contribution in [1.29, 1.82) is 0 Å². The van der Waals surface area contributed by atoms with Crippen LogP contribution in [0.25, 0.3) is 10.9 Å². The molecule has 2 N–H and O–H groups in total. The molecular formula is C16H15N5O2. The van der Waals surface area contributed by atoms with E-state index in [1.165, 1.54) is 6.33 Å². The maximum Gasteiger partial charge on any atom is 0.258 e. The average molecular weight is 309 g/mol. The molecule has 0 saturated carbocycles. The molecule has 0 bridgehead atoms. The van der Waals surface area contributed by atoms with Crippen molar-refractivity contribution in [2.45, 2.75) is 31.3 Å². The Morgan fingerprint density at radius 1 is 1.35 bits per heavy atom. The second-order valence-electron chi connectivity index (χ2n) is 5.37. The molecule has 0 spiro atoms. The van der Waals surface area contributed by atoms with Crippen LogP contribution in [0.15, 0.2) is 39.5 Å². The van der Waals surface area contributed by atoms with E-state index in [9.17, 15) is 9.59 Å². The highest BCUT2D eigenvalue weighted by molar-refractivity contribution is 5.99. The largest absolute Gasteiger partial charge is 0.324 e. The lowest BCUT2D eigenvalue weighted by molar-refractivity contribution is -0.116. The molecule has 1 aromatic heterocycles. The summed E-state index contributed by atoms with van der Waals surface area (Å²) in [4.78, 5) is 30.5. The van der Waals surface area contributed by atoms with Crippen LogP contribution < -0.4 is 10.9 Å². The number of terminal acetylenes is 1. The van der Waals surface area contributed by atoms with Gasteiger partial charge in [0, 0.05) is 25.7 Å². The maximum absolute atomic E-state index is 12.1. The number of anilines is 1. The fraction of sp³-hybridized carbons (Fsp3) is 0.312. The molecule has 23 heavy (non-hydrogen) atoms. The fourth-order valence-corrected chi connectivity index (χ4v) is 2.39. The molecule has 0 atom stereocenters. The van der Waals surface area contributed by atoms with Gasteiger partial charge in [0.25, 0.3) is 5.56 Å². The van der Waals surface area contributed by atoms with Crippen LogP contribution >= 0.6 is 0 Å². The van der Waals surface area contributed by atoms with Crippen molar-refractivity contribution in [2.24, 2.45) is 10.2 Å². The summed E-state index contributed by atoms with van der Waals surface area (Å²) in [6.45, 7) is 0. The molecule has 116 valence electrons. The van der Waals surface area contributed by atoms with Crippen LogP contribution in [0.5, 0.6) is 0 Å². The lowest BCUT2D eigenvalue weighted by atomic mass is 10.0. The molecule has 0 aliphatic carbocycles. The zero-order valence-corrected chi connectivity index (χ0v) is 12.4. The molecule has 0 saturated heterocycles. The highest BCUT2D eigenvalue weighted by atomic mass is 16.1. The third kappa shape index (κ3) is 3.26. The van der Waals surface area contributed by atoms with Crippen molar-refractivity contribution in [1.82, 2.24) is 9.97 Å². The van der Waals surface area contributed by atoms with Gasteiger partial charge in [-0.2, -0.15) is 10.2 Å². The average Bonchev–Trinajstić information content (AvgIpc) is 3.33. The van der Waals surface area contributed by atoms with Crippen LogP contribution in [0.3, 0.4) is 0 Å². The number of aromatic amines is 1. The number of benzene rings is 1. The number of rotatable bonds is 6. The Balaban J connectivity index is 1.66. The molecule has 1 amide bonds. The molecule has 1 aromatic carbocycles. The van der Waals surface area contributed by atoms with E-state index in [0.717, 1.165) is 0 Å². The van der Waals surface area contributed by atoms with E-state index in [0.29, 0.717) is 35.9 Å². The zero-order chi connectivity index (χ0) is 16.3. The van der Waals surface area contributed by atoms with Gasteiger partial charge >= 0.3 is 0 Å². The van der Waals surface area contributed by atoms with E-state index < -0.39 is 5.66 Å². The van der Waals surface area contributed by atoms with Gasteiger partial charge in [0.05, 0.1) is 17.4 Å². The number of hydrogen-bond acceptors (Lipinski definition) is 5. The van der Waals surface area contributed by atoms with E-state index in [1.807, 2.05) is 0 Å². The zero-order valence-electron chi connectivity index (χ0n) is 12.4. The fourth-order valence-electron chi connectivity index (χ4n) is 2.39. The van der Waals surface area contributed by atoms with Crippen LogP contribution in [0.1, 0.15) is 25.7 Å². The molecule has 0 fully saturated rings. The Hall–Kier alpha value is -3.01. The molecule has 2 aromatic rings. The minimum Gasteiger partial charge on any atom is -0.324 e. The van der Waals surface area contributed by atoms with Crippen LogP contribution in [0.4, 0.5) is 5.69 Å². The Kier molecular flexibility index (Phi) is 3.89. The first-order valence-electron chi connectivity index (χ1n) is 7.27. The van der Waals surface area contributed by atoms with Gasteiger partial charge in [-0.25, -0.2) is 4.98 Å². The van der Waals surface area contributed by atoms with Crippen molar-refractivity contribution in [2.75, 3.05) is 5.32 Å². The van der Waals surface area contributed by atoms with E-state index in [4.69, 9.17) is 6.42 Å². The minimum absolute atomic E-state index is 0.169. The molecule has 7 nitrogen and oxygen atoms in total. The first kappa shape index (κ1) is 14.9. The molecule has 1 aliphatic heterocycles. The summed E-state index contributed by atoms with van der Waals surface area (Å²) in [5, 5.41) is 11.2. The maximum atomic E-state index is 12.1. The number of carbonyl (C=O) groups excluding carboxylic acids is 1. The number of amides is 1. The Morgan fingerprint density at radius 3 is 2.91 bits per heavy atom. The van der Waals surface area contributed by atoms with Crippen LogP contribution in [-0.4, -0.2) is 21.5 Å². The number of nitrogens with zero attached hydrogens (tertiary/aromatic N) is 3. The first-order chi connectivity index (χ1) is 11.1. The van der Waals surface area contributed by atoms with Gasteiger partial charge in [-0.15, -0.1) is 12.3 Å². The predicted molar refractivity (Wildman–Crippen MR) is 85.9 cm³/mol. The summed E-state index contributed by atoms with van der Waals surface area (Å²) >= 11 is 0. The van der Waals surface area contributed by atoms with Crippen molar-refractivity contribution in [3.8, 4) is 12.3 Å². The van der Waals surface area contributed by atoms with Crippen LogP contribution in [0.2, 0.25) is 0 Å². The summed E-state index contributed by atoms with van der Waals surface area (Å²) in [7, 11) is 0. The number of carbonyl (C=O) groups is 1. The number of nitrogens with one attached hydrogen (secondary N) is 2. The number of hydrogen-bond donors (Lipinski definition) is 2. The van der Waals surface area contributed by atoms with E-state index in [-0.39, 0.29) is 17.9 Å². The lowest BCUT2D eigenvalue weighted by Crippen LogP contribution is -2.18. The van der Waals surface area contributed by atoms with Gasteiger partial charge in [-0.1, -0.05) is 6.07 Å². The number of para-hydroxylation sites is 1. The van der Waals surface area contributed by atoms with E-state index >= 15 is 0 Å². The molecule has 3 rings (SSSR count). The summed E-state index contributed by atoms with van der Waals surface area (Å²) < 4.78 is 0. The Bertz CT molecular complexity index is 872. The van der Waals surface area contributed by atoms with Crippen molar-refractivity contribution < 1.29 is 4.79 Å². The van der Waals surface area contributed by atoms with Gasteiger partial charge in [-0.3, -0.25) is 9.59 Å². The summed E-state index contributed by atoms with van der Waals surface area (Å²) in [6, 6.07) is 5.08. The van der Waals surface area contributed by atoms with Crippen molar-refractivity contribution in [3.05, 3.63) is 34.9 Å². The van der Waals surface area contributed by atoms with Crippen LogP contribution in [0, 0.1) is 12.3 Å². The van der Waals surface area contributed by atoms with Crippen molar-refractivity contribution >= 4 is 22.5 Å². The highest BCUT2D eigenvalue weighted by Crippen LogP contribution is 2.37. The monoisotopic (exact) mass is 309 g/mol. The number of fused-ring (bicyclic) bond motifs is 1. The minimum atomic E-state index is -0.474. The predicted octanol–water partition coefficient (Wildman–Crippen LogP) is 2.22. The quantitative estimate of drug-likeness (QED) is 0.800. The second-order valence-corrected chi connectivity index (χ2v) is 5.37. The smallest absolute Gasteiger partial charge is 0.258 e. The van der Waals surface area contributed by atoms with Gasteiger partial charge in [0.2, 0.25) is 5.91 Å². The molecule has 2 heterocycles. The first-order valence-corrected chi connectivity index (χ1v) is 7.27. The van der Waals surface area contributed by atoms with Gasteiger partial charge in [0.1, 0.15) is 5.52 Å². The SMILES string of the molecule is C#CCCC1(CCC(=O)Nc2cccc3c(=O)[nH]cnc23)N=N1. The summed E-state index contributed by atoms with van der Waals surface area (Å²) in [6.07, 6.45) is 8.61. The third-order valence-electron chi connectivity index (χ3n) is 3.75. The normalized spacial score (nSPS) is 14.4. The van der Waals surface area contributed by atoms with Gasteiger partial charge < -0.3 is 10.3 Å². The van der Waals surface area contributed by atoms with Gasteiger partial charge in [-0.05, 0) is 12.1 Å². The Labute approximate surface area is 132 Å². The molecule has 0 radical (unpaired) electrons. The number of aromatic nitrogens is 2. The number of H-pyrrole nitrogens is 1. The summed E-state index contributed by atoms with van der Waals surface area (Å²) in [5.41, 5.74) is 0.265. The van der Waals surface area contributed by atoms with E-state index in [1.54, 1.807) is 18.2 Å². The molecule has 0 unspecified atom stereocenters. The lowest BCUT2D eigenvalue weighted by Gasteiger charge is -2.10. The molecule has 1 aliphatic rings. The van der Waals surface area contributed by atoms with Crippen molar-refractivity contribution in [3.63, 3.8) is 0 Å². The van der Waals surface area contributed by atoms with Gasteiger partial charge in [0.15, 0.2) is 5.66 Å².